The molecule has 2 atom stereocenters. The summed E-state index contributed by atoms with van der Waals surface area (Å²) >= 11 is 3.32. The average Bonchev–Trinajstić information content (AvgIpc) is 2.36. The van der Waals surface area contributed by atoms with E-state index in [9.17, 15) is 9.59 Å². The van der Waals surface area contributed by atoms with E-state index in [1.807, 2.05) is 24.3 Å². The van der Waals surface area contributed by atoms with Crippen molar-refractivity contribution >= 4 is 27.9 Å². The minimum atomic E-state index is -1.60. The van der Waals surface area contributed by atoms with Gasteiger partial charge in [-0.2, -0.15) is 0 Å². The number of carboxylic acids is 1. The lowest BCUT2D eigenvalue weighted by molar-refractivity contribution is -0.146. The summed E-state index contributed by atoms with van der Waals surface area (Å²) < 4.78 is 0.942. The number of urea groups is 1. The highest BCUT2D eigenvalue weighted by Gasteiger charge is 2.15. The Hall–Kier alpha value is -1.60. The van der Waals surface area contributed by atoms with Crippen LogP contribution in [0.1, 0.15) is 18.5 Å². The van der Waals surface area contributed by atoms with E-state index < -0.39 is 18.1 Å². The van der Waals surface area contributed by atoms with Gasteiger partial charge in [-0.25, -0.2) is 9.59 Å². The molecule has 0 aliphatic carbocycles. The number of halogens is 1. The van der Waals surface area contributed by atoms with Gasteiger partial charge in [-0.15, -0.1) is 0 Å². The van der Waals surface area contributed by atoms with Crippen molar-refractivity contribution in [3.8, 4) is 0 Å². The second-order valence-electron chi connectivity index (χ2n) is 3.98. The predicted molar refractivity (Wildman–Crippen MR) is 72.7 cm³/mol. The van der Waals surface area contributed by atoms with Gasteiger partial charge in [0.15, 0.2) is 6.10 Å². The van der Waals surface area contributed by atoms with Crippen molar-refractivity contribution in [2.45, 2.75) is 19.1 Å². The summed E-state index contributed by atoms with van der Waals surface area (Å²) in [5.74, 6) is -1.37. The third-order valence-electron chi connectivity index (χ3n) is 2.46. The Morgan fingerprint density at radius 1 is 1.32 bits per heavy atom. The zero-order valence-corrected chi connectivity index (χ0v) is 11.8. The van der Waals surface area contributed by atoms with E-state index in [1.165, 1.54) is 0 Å². The van der Waals surface area contributed by atoms with Gasteiger partial charge in [0.05, 0.1) is 12.6 Å². The molecule has 0 fully saturated rings. The maximum Gasteiger partial charge on any atom is 0.334 e. The van der Waals surface area contributed by atoms with Crippen LogP contribution in [0.5, 0.6) is 0 Å². The number of carboxylic acid groups (broad SMARTS) is 1. The Balaban J connectivity index is 2.44. The number of benzene rings is 1. The predicted octanol–water partition coefficient (Wildman–Crippen LogP) is 1.25. The van der Waals surface area contributed by atoms with E-state index in [2.05, 4.69) is 26.6 Å². The highest BCUT2D eigenvalue weighted by atomic mass is 79.9. The lowest BCUT2D eigenvalue weighted by Gasteiger charge is -2.15. The molecule has 0 saturated carbocycles. The van der Waals surface area contributed by atoms with Crippen molar-refractivity contribution in [3.05, 3.63) is 34.3 Å². The molecule has 0 spiro atoms. The molecular formula is C12H15BrN2O4. The molecule has 7 heteroatoms. The topological polar surface area (TPSA) is 98.7 Å². The van der Waals surface area contributed by atoms with Gasteiger partial charge in [-0.3, -0.25) is 0 Å². The number of rotatable bonds is 5. The highest BCUT2D eigenvalue weighted by Crippen LogP contribution is 2.16. The van der Waals surface area contributed by atoms with Gasteiger partial charge in [-0.1, -0.05) is 28.1 Å². The summed E-state index contributed by atoms with van der Waals surface area (Å²) in [6, 6.07) is 6.69. The van der Waals surface area contributed by atoms with E-state index in [1.54, 1.807) is 6.92 Å². The van der Waals surface area contributed by atoms with Crippen LogP contribution in [0, 0.1) is 0 Å². The maximum absolute atomic E-state index is 11.5. The van der Waals surface area contributed by atoms with Crippen LogP contribution in [0.4, 0.5) is 4.79 Å². The molecule has 104 valence electrons. The monoisotopic (exact) mass is 330 g/mol. The summed E-state index contributed by atoms with van der Waals surface area (Å²) in [5.41, 5.74) is 0.914. The minimum Gasteiger partial charge on any atom is -0.479 e. The second-order valence-corrected chi connectivity index (χ2v) is 4.90. The van der Waals surface area contributed by atoms with Crippen LogP contribution in [-0.2, 0) is 4.79 Å². The number of aliphatic carboxylic acids is 1. The van der Waals surface area contributed by atoms with Crippen LogP contribution in [0.2, 0.25) is 0 Å². The fraction of sp³-hybridized carbons (Fsp3) is 0.333. The van der Waals surface area contributed by atoms with E-state index in [4.69, 9.17) is 10.2 Å². The second kappa shape index (κ2) is 7.10. The van der Waals surface area contributed by atoms with Crippen molar-refractivity contribution in [3.63, 3.8) is 0 Å². The fourth-order valence-electron chi connectivity index (χ4n) is 1.36. The average molecular weight is 331 g/mol. The van der Waals surface area contributed by atoms with Gasteiger partial charge >= 0.3 is 12.0 Å². The molecule has 0 aliphatic rings. The molecular weight excluding hydrogens is 316 g/mol. The van der Waals surface area contributed by atoms with E-state index in [-0.39, 0.29) is 12.6 Å². The molecule has 6 nitrogen and oxygen atoms in total. The Bertz CT molecular complexity index is 450. The molecule has 1 aromatic rings. The highest BCUT2D eigenvalue weighted by molar-refractivity contribution is 9.10. The molecule has 0 heterocycles. The first-order valence-corrected chi connectivity index (χ1v) is 6.40. The quantitative estimate of drug-likeness (QED) is 0.653. The molecule has 0 saturated heterocycles. The number of hydrogen-bond acceptors (Lipinski definition) is 3. The third-order valence-corrected chi connectivity index (χ3v) is 2.99. The Morgan fingerprint density at radius 2 is 1.89 bits per heavy atom. The van der Waals surface area contributed by atoms with Crippen molar-refractivity contribution in [2.24, 2.45) is 0 Å². The first-order valence-electron chi connectivity index (χ1n) is 5.61. The smallest absolute Gasteiger partial charge is 0.334 e. The van der Waals surface area contributed by atoms with Crippen LogP contribution in [-0.4, -0.2) is 34.9 Å². The molecule has 0 aromatic heterocycles. The normalized spacial score (nSPS) is 13.4. The number of aliphatic hydroxyl groups is 1. The van der Waals surface area contributed by atoms with Gasteiger partial charge in [0.1, 0.15) is 0 Å². The third kappa shape index (κ3) is 5.27. The summed E-state index contributed by atoms with van der Waals surface area (Å²) in [7, 11) is 0. The number of hydrogen-bond donors (Lipinski definition) is 4. The molecule has 19 heavy (non-hydrogen) atoms. The molecule has 4 N–H and O–H groups in total. The number of carbonyl (C=O) groups is 2. The summed E-state index contributed by atoms with van der Waals surface area (Å²) in [6.07, 6.45) is -1.60. The van der Waals surface area contributed by atoms with E-state index in [0.29, 0.717) is 0 Å². The summed E-state index contributed by atoms with van der Waals surface area (Å²) in [5, 5.41) is 22.4. The molecule has 0 aliphatic heterocycles. The van der Waals surface area contributed by atoms with Crippen molar-refractivity contribution in [1.82, 2.24) is 10.6 Å². The first-order chi connectivity index (χ1) is 8.90. The van der Waals surface area contributed by atoms with Crippen LogP contribution in [0.15, 0.2) is 28.7 Å². The molecule has 1 unspecified atom stereocenters. The van der Waals surface area contributed by atoms with Gasteiger partial charge in [-0.05, 0) is 24.6 Å². The Labute approximate surface area is 118 Å². The molecule has 2 amide bonds. The largest absolute Gasteiger partial charge is 0.479 e. The summed E-state index contributed by atoms with van der Waals surface area (Å²) in [4.78, 5) is 21.8. The molecule has 0 bridgehead atoms. The first kappa shape index (κ1) is 15.5. The molecule has 0 radical (unpaired) electrons. The minimum absolute atomic E-state index is 0.227. The van der Waals surface area contributed by atoms with Gasteiger partial charge in [0.2, 0.25) is 0 Å². The number of nitrogens with one attached hydrogen (secondary N) is 2. The fourth-order valence-corrected chi connectivity index (χ4v) is 1.62. The Kier molecular flexibility index (Phi) is 5.78. The van der Waals surface area contributed by atoms with Crippen LogP contribution in [0.3, 0.4) is 0 Å². The zero-order chi connectivity index (χ0) is 14.4. The number of amides is 2. The van der Waals surface area contributed by atoms with Gasteiger partial charge in [0, 0.05) is 4.47 Å². The van der Waals surface area contributed by atoms with Gasteiger partial charge in [0.25, 0.3) is 0 Å². The number of aliphatic hydroxyl groups excluding tert-OH is 1. The van der Waals surface area contributed by atoms with Gasteiger partial charge < -0.3 is 20.8 Å². The standard InChI is InChI=1S/C12H15BrN2O4/c1-7(8-2-4-9(13)5-3-8)15-12(19)14-6-10(16)11(17)18/h2-5,7,10,16H,6H2,1H3,(H,17,18)(H2,14,15,19)/t7?,10-/m0/s1. The van der Waals surface area contributed by atoms with Crippen molar-refractivity contribution < 1.29 is 19.8 Å². The van der Waals surface area contributed by atoms with Crippen molar-refractivity contribution in [2.75, 3.05) is 6.54 Å². The van der Waals surface area contributed by atoms with Crippen LogP contribution in [0.25, 0.3) is 0 Å². The Morgan fingerprint density at radius 3 is 2.42 bits per heavy atom. The SMILES string of the molecule is CC(NC(=O)NC[C@H](O)C(=O)O)c1ccc(Br)cc1. The lowest BCUT2D eigenvalue weighted by Crippen LogP contribution is -2.42. The maximum atomic E-state index is 11.5. The van der Waals surface area contributed by atoms with Crippen LogP contribution >= 0.6 is 15.9 Å². The zero-order valence-electron chi connectivity index (χ0n) is 10.3. The van der Waals surface area contributed by atoms with E-state index >= 15 is 0 Å². The lowest BCUT2D eigenvalue weighted by atomic mass is 10.1. The molecule has 1 rings (SSSR count). The number of carbonyl (C=O) groups excluding carboxylic acids is 1. The molecule has 1 aromatic carbocycles. The summed E-state index contributed by atoms with van der Waals surface area (Å²) in [6.45, 7) is 1.46. The van der Waals surface area contributed by atoms with Crippen molar-refractivity contribution in [1.29, 1.82) is 0 Å². The van der Waals surface area contributed by atoms with E-state index in [0.717, 1.165) is 10.0 Å². The van der Waals surface area contributed by atoms with Crippen LogP contribution < -0.4 is 10.6 Å².